The minimum absolute atomic E-state index is 0.241. The normalized spacial score (nSPS) is 15.3. The SMILES string of the molecule is Cc1cnc(C(=O)Nc2ccc(N3CCC(CN(C)C)CC3)cc2)cn1. The monoisotopic (exact) mass is 353 g/mol. The minimum Gasteiger partial charge on any atom is -0.372 e. The van der Waals surface area contributed by atoms with Gasteiger partial charge in [-0.25, -0.2) is 4.98 Å². The summed E-state index contributed by atoms with van der Waals surface area (Å²) in [6, 6.07) is 8.03. The maximum atomic E-state index is 12.2. The molecule has 26 heavy (non-hydrogen) atoms. The topological polar surface area (TPSA) is 61.4 Å². The Morgan fingerprint density at radius 2 is 1.85 bits per heavy atom. The second-order valence-corrected chi connectivity index (χ2v) is 7.24. The Morgan fingerprint density at radius 3 is 2.42 bits per heavy atom. The lowest BCUT2D eigenvalue weighted by atomic mass is 9.96. The van der Waals surface area contributed by atoms with Crippen molar-refractivity contribution in [2.45, 2.75) is 19.8 Å². The number of piperidine rings is 1. The Hall–Kier alpha value is -2.47. The molecule has 0 saturated carbocycles. The van der Waals surface area contributed by atoms with E-state index in [0.717, 1.165) is 30.4 Å². The molecule has 1 amide bonds. The molecule has 6 nitrogen and oxygen atoms in total. The second-order valence-electron chi connectivity index (χ2n) is 7.24. The highest BCUT2D eigenvalue weighted by atomic mass is 16.1. The number of amides is 1. The first kappa shape index (κ1) is 18.3. The Labute approximate surface area is 155 Å². The third-order valence-electron chi connectivity index (χ3n) is 4.74. The van der Waals surface area contributed by atoms with Crippen LogP contribution >= 0.6 is 0 Å². The molecule has 0 radical (unpaired) electrons. The van der Waals surface area contributed by atoms with Gasteiger partial charge in [-0.3, -0.25) is 9.78 Å². The van der Waals surface area contributed by atoms with Gasteiger partial charge < -0.3 is 15.1 Å². The molecule has 0 atom stereocenters. The number of carbonyl (C=O) groups excluding carboxylic acids is 1. The van der Waals surface area contributed by atoms with Gasteiger partial charge in [0.25, 0.3) is 5.91 Å². The summed E-state index contributed by atoms with van der Waals surface area (Å²) < 4.78 is 0. The van der Waals surface area contributed by atoms with Gasteiger partial charge in [-0.15, -0.1) is 0 Å². The second kappa shape index (κ2) is 8.27. The molecule has 1 N–H and O–H groups in total. The number of nitrogens with zero attached hydrogens (tertiary/aromatic N) is 4. The van der Waals surface area contributed by atoms with Crippen LogP contribution in [0.1, 0.15) is 29.0 Å². The number of hydrogen-bond acceptors (Lipinski definition) is 5. The number of anilines is 2. The fourth-order valence-electron chi connectivity index (χ4n) is 3.35. The summed E-state index contributed by atoms with van der Waals surface area (Å²) in [4.78, 5) is 25.1. The van der Waals surface area contributed by atoms with E-state index >= 15 is 0 Å². The molecule has 6 heteroatoms. The van der Waals surface area contributed by atoms with E-state index in [-0.39, 0.29) is 5.91 Å². The molecular weight excluding hydrogens is 326 g/mol. The summed E-state index contributed by atoms with van der Waals surface area (Å²) >= 11 is 0. The maximum Gasteiger partial charge on any atom is 0.275 e. The lowest BCUT2D eigenvalue weighted by molar-refractivity contribution is 0.102. The van der Waals surface area contributed by atoms with Crippen molar-refractivity contribution in [3.05, 3.63) is 48.0 Å². The van der Waals surface area contributed by atoms with E-state index in [1.807, 2.05) is 19.1 Å². The number of nitrogens with one attached hydrogen (secondary N) is 1. The molecule has 1 aliphatic heterocycles. The van der Waals surface area contributed by atoms with Gasteiger partial charge in [-0.1, -0.05) is 0 Å². The van der Waals surface area contributed by atoms with Crippen molar-refractivity contribution < 1.29 is 4.79 Å². The van der Waals surface area contributed by atoms with Crippen molar-refractivity contribution in [3.63, 3.8) is 0 Å². The van der Waals surface area contributed by atoms with Crippen molar-refractivity contribution in [1.82, 2.24) is 14.9 Å². The molecule has 1 aromatic carbocycles. The molecule has 138 valence electrons. The van der Waals surface area contributed by atoms with E-state index < -0.39 is 0 Å². The number of aryl methyl sites for hydroxylation is 1. The first-order valence-corrected chi connectivity index (χ1v) is 9.11. The van der Waals surface area contributed by atoms with Crippen LogP contribution in [-0.4, -0.2) is 54.5 Å². The zero-order chi connectivity index (χ0) is 18.5. The van der Waals surface area contributed by atoms with Crippen molar-refractivity contribution in [1.29, 1.82) is 0 Å². The summed E-state index contributed by atoms with van der Waals surface area (Å²) in [6.07, 6.45) is 5.54. The fraction of sp³-hybridized carbons (Fsp3) is 0.450. The zero-order valence-corrected chi connectivity index (χ0v) is 15.8. The molecule has 1 aromatic heterocycles. The number of rotatable bonds is 5. The lowest BCUT2D eigenvalue weighted by Gasteiger charge is -2.34. The molecule has 0 spiro atoms. The van der Waals surface area contributed by atoms with Gasteiger partial charge in [0.05, 0.1) is 11.9 Å². The summed E-state index contributed by atoms with van der Waals surface area (Å²) in [5, 5.41) is 2.87. The average molecular weight is 353 g/mol. The molecule has 2 aromatic rings. The van der Waals surface area contributed by atoms with E-state index in [1.54, 1.807) is 6.20 Å². The smallest absolute Gasteiger partial charge is 0.275 e. The van der Waals surface area contributed by atoms with Crippen LogP contribution in [0.2, 0.25) is 0 Å². The first-order chi connectivity index (χ1) is 12.5. The largest absolute Gasteiger partial charge is 0.372 e. The van der Waals surface area contributed by atoms with Crippen LogP contribution in [0.3, 0.4) is 0 Å². The lowest BCUT2D eigenvalue weighted by Crippen LogP contribution is -2.37. The van der Waals surface area contributed by atoms with Gasteiger partial charge in [0, 0.05) is 37.2 Å². The van der Waals surface area contributed by atoms with Crippen LogP contribution < -0.4 is 10.2 Å². The molecule has 1 aliphatic rings. The highest BCUT2D eigenvalue weighted by molar-refractivity contribution is 6.02. The molecule has 0 aliphatic carbocycles. The number of aromatic nitrogens is 2. The van der Waals surface area contributed by atoms with Crippen LogP contribution in [0.25, 0.3) is 0 Å². The highest BCUT2D eigenvalue weighted by Gasteiger charge is 2.20. The van der Waals surface area contributed by atoms with Crippen LogP contribution in [0.5, 0.6) is 0 Å². The van der Waals surface area contributed by atoms with Crippen LogP contribution in [0, 0.1) is 12.8 Å². The number of benzene rings is 1. The van der Waals surface area contributed by atoms with E-state index in [1.165, 1.54) is 31.3 Å². The molecule has 0 unspecified atom stereocenters. The van der Waals surface area contributed by atoms with Crippen molar-refractivity contribution in [2.24, 2.45) is 5.92 Å². The standard InChI is InChI=1S/C20H27N5O/c1-15-12-22-19(13-21-15)20(26)23-17-4-6-18(7-5-17)25-10-8-16(9-11-25)14-24(2)3/h4-7,12-13,16H,8-11,14H2,1-3H3,(H,23,26). The zero-order valence-electron chi connectivity index (χ0n) is 15.8. The van der Waals surface area contributed by atoms with Gasteiger partial charge in [0.1, 0.15) is 5.69 Å². The Bertz CT molecular complexity index is 719. The van der Waals surface area contributed by atoms with Crippen LogP contribution in [-0.2, 0) is 0 Å². The summed E-state index contributed by atoms with van der Waals surface area (Å²) in [5.74, 6) is 0.546. The maximum absolute atomic E-state index is 12.2. The predicted molar refractivity (Wildman–Crippen MR) is 105 cm³/mol. The third-order valence-corrected chi connectivity index (χ3v) is 4.74. The molecular formula is C20H27N5O. The van der Waals surface area contributed by atoms with Crippen LogP contribution in [0.15, 0.2) is 36.7 Å². The highest BCUT2D eigenvalue weighted by Crippen LogP contribution is 2.25. The minimum atomic E-state index is -0.241. The van der Waals surface area contributed by atoms with E-state index in [4.69, 9.17) is 0 Å². The third kappa shape index (κ3) is 4.79. The Morgan fingerprint density at radius 1 is 1.15 bits per heavy atom. The molecule has 3 rings (SSSR count). The number of carbonyl (C=O) groups is 1. The van der Waals surface area contributed by atoms with Crippen LogP contribution in [0.4, 0.5) is 11.4 Å². The summed E-state index contributed by atoms with van der Waals surface area (Å²) in [5.41, 5.74) is 3.09. The van der Waals surface area contributed by atoms with E-state index in [2.05, 4.69) is 51.3 Å². The van der Waals surface area contributed by atoms with Gasteiger partial charge in [0.2, 0.25) is 0 Å². The summed E-state index contributed by atoms with van der Waals surface area (Å²) in [6.45, 7) is 5.18. The van der Waals surface area contributed by atoms with Crippen molar-refractivity contribution in [2.75, 3.05) is 43.9 Å². The van der Waals surface area contributed by atoms with Gasteiger partial charge in [-0.05, 0) is 64.0 Å². The first-order valence-electron chi connectivity index (χ1n) is 9.11. The average Bonchev–Trinajstić information content (AvgIpc) is 2.63. The summed E-state index contributed by atoms with van der Waals surface area (Å²) in [7, 11) is 4.28. The van der Waals surface area contributed by atoms with Crippen molar-refractivity contribution in [3.8, 4) is 0 Å². The Kier molecular flexibility index (Phi) is 5.83. The molecule has 2 heterocycles. The molecule has 0 bridgehead atoms. The fourth-order valence-corrected chi connectivity index (χ4v) is 3.35. The quantitative estimate of drug-likeness (QED) is 0.896. The molecule has 1 fully saturated rings. The van der Waals surface area contributed by atoms with E-state index in [9.17, 15) is 4.79 Å². The predicted octanol–water partition coefficient (Wildman–Crippen LogP) is 2.82. The van der Waals surface area contributed by atoms with Crippen molar-refractivity contribution >= 4 is 17.3 Å². The van der Waals surface area contributed by atoms with E-state index in [0.29, 0.717) is 5.69 Å². The molecule has 1 saturated heterocycles. The van der Waals surface area contributed by atoms with Gasteiger partial charge in [-0.2, -0.15) is 0 Å². The number of hydrogen-bond donors (Lipinski definition) is 1. The van der Waals surface area contributed by atoms with Gasteiger partial charge in [0.15, 0.2) is 0 Å². The van der Waals surface area contributed by atoms with Gasteiger partial charge >= 0.3 is 0 Å². The Balaban J connectivity index is 1.55.